The number of nitrogens with zero attached hydrogens (tertiary/aromatic N) is 3. The molecule has 1 aromatic carbocycles. The fraction of sp³-hybridized carbons (Fsp3) is 0.0714. The minimum Gasteiger partial charge on any atom is -0.358 e. The molecule has 0 unspecified atom stereocenters. The van der Waals surface area contributed by atoms with E-state index in [4.69, 9.17) is 11.6 Å². The number of hydrogen-bond acceptors (Lipinski definition) is 3. The van der Waals surface area contributed by atoms with Crippen LogP contribution in [-0.2, 0) is 7.05 Å². The third kappa shape index (κ3) is 2.02. The molecule has 0 fully saturated rings. The Morgan fingerprint density at radius 1 is 1.30 bits per heavy atom. The van der Waals surface area contributed by atoms with Crippen LogP contribution in [0.3, 0.4) is 0 Å². The zero-order chi connectivity index (χ0) is 14.3. The minimum atomic E-state index is -0.495. The molecule has 2 aromatic heterocycles. The molecule has 0 spiro atoms. The van der Waals surface area contributed by atoms with Gasteiger partial charge in [0.1, 0.15) is 0 Å². The molecule has 3 aromatic rings. The van der Waals surface area contributed by atoms with Gasteiger partial charge in [0.15, 0.2) is 6.20 Å². The standard InChI is InChI=1S/C14H10ClN3O2/c1-17-12(9-3-2-4-11(15)5-9)6-10-7-14(18(19)20)16-8-13(10)17/h2-8H,1H3. The van der Waals surface area contributed by atoms with Gasteiger partial charge in [0.2, 0.25) is 0 Å². The lowest BCUT2D eigenvalue weighted by molar-refractivity contribution is -0.389. The maximum atomic E-state index is 10.8. The largest absolute Gasteiger partial charge is 0.364 e. The van der Waals surface area contributed by atoms with Gasteiger partial charge in [0, 0.05) is 29.2 Å². The summed E-state index contributed by atoms with van der Waals surface area (Å²) in [5.74, 6) is -0.152. The number of hydrogen-bond donors (Lipinski definition) is 0. The van der Waals surface area contributed by atoms with Crippen LogP contribution < -0.4 is 0 Å². The van der Waals surface area contributed by atoms with Crippen molar-refractivity contribution in [3.05, 3.63) is 57.7 Å². The van der Waals surface area contributed by atoms with Gasteiger partial charge in [-0.05, 0) is 33.7 Å². The summed E-state index contributed by atoms with van der Waals surface area (Å²) >= 11 is 6.00. The van der Waals surface area contributed by atoms with Gasteiger partial charge in [-0.3, -0.25) is 0 Å². The van der Waals surface area contributed by atoms with E-state index in [1.807, 2.05) is 35.9 Å². The second-order valence-electron chi connectivity index (χ2n) is 4.46. The third-order valence-corrected chi connectivity index (χ3v) is 3.46. The summed E-state index contributed by atoms with van der Waals surface area (Å²) < 4.78 is 1.94. The summed E-state index contributed by atoms with van der Waals surface area (Å²) in [6, 6.07) is 10.9. The number of aromatic nitrogens is 2. The summed E-state index contributed by atoms with van der Waals surface area (Å²) in [6.45, 7) is 0. The van der Waals surface area contributed by atoms with Crippen molar-refractivity contribution >= 4 is 28.3 Å². The lowest BCUT2D eigenvalue weighted by Gasteiger charge is -2.04. The SMILES string of the molecule is Cn1c(-c2cccc(Cl)c2)cc2cc([N+](=O)[O-])ncc21. The molecule has 0 saturated carbocycles. The molecule has 0 radical (unpaired) electrons. The Bertz CT molecular complexity index is 826. The van der Waals surface area contributed by atoms with Gasteiger partial charge in [-0.2, -0.15) is 0 Å². The molecule has 0 bridgehead atoms. The Labute approximate surface area is 119 Å². The summed E-state index contributed by atoms with van der Waals surface area (Å²) in [6.07, 6.45) is 1.52. The van der Waals surface area contributed by atoms with E-state index in [2.05, 4.69) is 4.98 Å². The molecule has 0 aliphatic heterocycles. The van der Waals surface area contributed by atoms with Crippen molar-refractivity contribution in [1.29, 1.82) is 0 Å². The molecule has 0 N–H and O–H groups in total. The van der Waals surface area contributed by atoms with Gasteiger partial charge in [0.05, 0.1) is 5.52 Å². The highest BCUT2D eigenvalue weighted by Gasteiger charge is 2.14. The highest BCUT2D eigenvalue weighted by atomic mass is 35.5. The number of fused-ring (bicyclic) bond motifs is 1. The molecule has 20 heavy (non-hydrogen) atoms. The van der Waals surface area contributed by atoms with Crippen LogP contribution >= 0.6 is 11.6 Å². The Balaban J connectivity index is 2.22. The first-order valence-electron chi connectivity index (χ1n) is 5.92. The molecule has 3 rings (SSSR count). The monoisotopic (exact) mass is 287 g/mol. The molecular formula is C14H10ClN3O2. The molecular weight excluding hydrogens is 278 g/mol. The Kier molecular flexibility index (Phi) is 2.91. The Morgan fingerprint density at radius 3 is 2.80 bits per heavy atom. The molecule has 100 valence electrons. The second kappa shape index (κ2) is 4.61. The molecule has 0 aliphatic rings. The molecule has 0 amide bonds. The van der Waals surface area contributed by atoms with Crippen LogP contribution in [0.25, 0.3) is 22.2 Å². The second-order valence-corrected chi connectivity index (χ2v) is 4.89. The quantitative estimate of drug-likeness (QED) is 0.532. The van der Waals surface area contributed by atoms with Crippen LogP contribution in [0, 0.1) is 10.1 Å². The van der Waals surface area contributed by atoms with Crippen molar-refractivity contribution in [3.63, 3.8) is 0 Å². The van der Waals surface area contributed by atoms with Crippen molar-refractivity contribution in [2.75, 3.05) is 0 Å². The van der Waals surface area contributed by atoms with E-state index < -0.39 is 4.92 Å². The summed E-state index contributed by atoms with van der Waals surface area (Å²) in [5, 5.41) is 12.2. The van der Waals surface area contributed by atoms with Crippen molar-refractivity contribution in [1.82, 2.24) is 9.55 Å². The zero-order valence-electron chi connectivity index (χ0n) is 10.6. The third-order valence-electron chi connectivity index (χ3n) is 3.22. The van der Waals surface area contributed by atoms with E-state index in [0.29, 0.717) is 5.02 Å². The fourth-order valence-corrected chi connectivity index (χ4v) is 2.44. The van der Waals surface area contributed by atoms with Crippen LogP contribution in [0.1, 0.15) is 0 Å². The number of pyridine rings is 1. The first-order chi connectivity index (χ1) is 9.56. The number of nitro groups is 1. The van der Waals surface area contributed by atoms with E-state index in [1.54, 1.807) is 6.07 Å². The van der Waals surface area contributed by atoms with E-state index in [-0.39, 0.29) is 5.82 Å². The van der Waals surface area contributed by atoms with Crippen LogP contribution in [0.4, 0.5) is 5.82 Å². The first-order valence-corrected chi connectivity index (χ1v) is 6.30. The van der Waals surface area contributed by atoms with Gasteiger partial charge in [0.25, 0.3) is 0 Å². The molecule has 6 heteroatoms. The molecule has 0 saturated heterocycles. The number of benzene rings is 1. The number of halogens is 1. The predicted molar refractivity (Wildman–Crippen MR) is 77.8 cm³/mol. The minimum absolute atomic E-state index is 0.152. The summed E-state index contributed by atoms with van der Waals surface area (Å²) in [4.78, 5) is 14.1. The van der Waals surface area contributed by atoms with E-state index in [9.17, 15) is 10.1 Å². The van der Waals surface area contributed by atoms with Gasteiger partial charge in [-0.25, -0.2) is 0 Å². The number of aryl methyl sites for hydroxylation is 1. The smallest absolute Gasteiger partial charge is 0.358 e. The predicted octanol–water partition coefficient (Wildman–Crippen LogP) is 3.80. The van der Waals surface area contributed by atoms with Crippen molar-refractivity contribution in [2.24, 2.45) is 7.05 Å². The van der Waals surface area contributed by atoms with Gasteiger partial charge < -0.3 is 14.7 Å². The average molecular weight is 288 g/mol. The Morgan fingerprint density at radius 2 is 2.10 bits per heavy atom. The van der Waals surface area contributed by atoms with Crippen molar-refractivity contribution in [2.45, 2.75) is 0 Å². The lowest BCUT2D eigenvalue weighted by Crippen LogP contribution is -1.93. The lowest BCUT2D eigenvalue weighted by atomic mass is 10.1. The van der Waals surface area contributed by atoms with Crippen molar-refractivity contribution < 1.29 is 4.92 Å². The van der Waals surface area contributed by atoms with Gasteiger partial charge >= 0.3 is 5.82 Å². The van der Waals surface area contributed by atoms with E-state index >= 15 is 0 Å². The topological polar surface area (TPSA) is 61.0 Å². The van der Waals surface area contributed by atoms with Gasteiger partial charge in [-0.15, -0.1) is 0 Å². The normalized spacial score (nSPS) is 10.9. The molecule has 0 aliphatic carbocycles. The average Bonchev–Trinajstić information content (AvgIpc) is 2.75. The fourth-order valence-electron chi connectivity index (χ4n) is 2.25. The van der Waals surface area contributed by atoms with Crippen molar-refractivity contribution in [3.8, 4) is 11.3 Å². The molecule has 0 atom stereocenters. The summed E-state index contributed by atoms with van der Waals surface area (Å²) in [7, 11) is 1.89. The van der Waals surface area contributed by atoms with Crippen LogP contribution in [-0.4, -0.2) is 14.5 Å². The van der Waals surface area contributed by atoms with E-state index in [0.717, 1.165) is 22.2 Å². The Hall–Kier alpha value is -2.40. The molecule has 2 heterocycles. The van der Waals surface area contributed by atoms with Gasteiger partial charge in [-0.1, -0.05) is 23.7 Å². The van der Waals surface area contributed by atoms with Crippen LogP contribution in [0.2, 0.25) is 5.02 Å². The highest BCUT2D eigenvalue weighted by Crippen LogP contribution is 2.29. The maximum Gasteiger partial charge on any atom is 0.364 e. The molecule has 5 nitrogen and oxygen atoms in total. The van der Waals surface area contributed by atoms with Crippen LogP contribution in [0.15, 0.2) is 42.6 Å². The zero-order valence-corrected chi connectivity index (χ0v) is 11.3. The highest BCUT2D eigenvalue weighted by molar-refractivity contribution is 6.30. The maximum absolute atomic E-state index is 10.8. The van der Waals surface area contributed by atoms with E-state index in [1.165, 1.54) is 12.3 Å². The van der Waals surface area contributed by atoms with Crippen LogP contribution in [0.5, 0.6) is 0 Å². The number of rotatable bonds is 2. The summed E-state index contributed by atoms with van der Waals surface area (Å²) in [5.41, 5.74) is 2.73. The first kappa shape index (κ1) is 12.6.